The van der Waals surface area contributed by atoms with Crippen molar-refractivity contribution in [1.29, 1.82) is 0 Å². The number of hydrogen-bond donors (Lipinski definition) is 3. The highest BCUT2D eigenvalue weighted by molar-refractivity contribution is 7.80. The Morgan fingerprint density at radius 2 is 2.18 bits per heavy atom. The summed E-state index contributed by atoms with van der Waals surface area (Å²) in [7, 11) is 0. The van der Waals surface area contributed by atoms with Crippen molar-refractivity contribution in [3.63, 3.8) is 0 Å². The van der Waals surface area contributed by atoms with Crippen molar-refractivity contribution in [3.8, 4) is 0 Å². The summed E-state index contributed by atoms with van der Waals surface area (Å²) < 4.78 is 4.56. The lowest BCUT2D eigenvalue weighted by Gasteiger charge is -2.09. The highest BCUT2D eigenvalue weighted by atomic mass is 35.5. The summed E-state index contributed by atoms with van der Waals surface area (Å²) >= 11 is 10.8. The number of amides is 1. The molecule has 17 heavy (non-hydrogen) atoms. The Morgan fingerprint density at radius 1 is 1.47 bits per heavy atom. The summed E-state index contributed by atoms with van der Waals surface area (Å²) in [5.41, 5.74) is 11.7. The van der Waals surface area contributed by atoms with Gasteiger partial charge in [0, 0.05) is 12.1 Å². The van der Waals surface area contributed by atoms with Gasteiger partial charge in [-0.25, -0.2) is 4.79 Å². The number of anilines is 1. The number of benzene rings is 1. The molecule has 1 amide bonds. The van der Waals surface area contributed by atoms with Gasteiger partial charge in [-0.3, -0.25) is 0 Å². The second-order valence-corrected chi connectivity index (χ2v) is 4.00. The van der Waals surface area contributed by atoms with Crippen LogP contribution in [-0.2, 0) is 4.74 Å². The first-order valence-electron chi connectivity index (χ1n) is 4.76. The van der Waals surface area contributed by atoms with Gasteiger partial charge in [-0.1, -0.05) is 23.8 Å². The summed E-state index contributed by atoms with van der Waals surface area (Å²) in [6.45, 7) is 0.581. The van der Waals surface area contributed by atoms with E-state index in [0.29, 0.717) is 22.8 Å². The summed E-state index contributed by atoms with van der Waals surface area (Å²) in [6, 6.07) is 5.17. The van der Waals surface area contributed by atoms with E-state index >= 15 is 0 Å². The molecule has 0 radical (unpaired) electrons. The molecule has 0 saturated heterocycles. The molecule has 0 heterocycles. The zero-order valence-corrected chi connectivity index (χ0v) is 10.5. The summed E-state index contributed by atoms with van der Waals surface area (Å²) in [5.74, 6) is 0. The number of primary amides is 1. The largest absolute Gasteiger partial charge is 0.448 e. The maximum absolute atomic E-state index is 10.3. The number of ether oxygens (including phenoxy) is 1. The van der Waals surface area contributed by atoms with Gasteiger partial charge in [-0.15, -0.1) is 0 Å². The smallest absolute Gasteiger partial charge is 0.404 e. The lowest BCUT2D eigenvalue weighted by atomic mass is 10.2. The van der Waals surface area contributed by atoms with Gasteiger partial charge in [0.15, 0.2) is 0 Å². The number of thiocarbonyl (C=S) groups is 1. The standard InChI is InChI=1S/C10H12ClN3O2S/c11-7-5-6(9(12)17)1-2-8(7)14-3-4-16-10(13)15/h1-2,5,14H,3-4H2,(H2,12,17)(H2,13,15). The number of nitrogens with two attached hydrogens (primary N) is 2. The zero-order valence-electron chi connectivity index (χ0n) is 8.90. The molecular weight excluding hydrogens is 262 g/mol. The van der Waals surface area contributed by atoms with Crippen LogP contribution in [0.25, 0.3) is 0 Å². The van der Waals surface area contributed by atoms with E-state index in [1.165, 1.54) is 0 Å². The summed E-state index contributed by atoms with van der Waals surface area (Å²) in [5, 5.41) is 3.48. The van der Waals surface area contributed by atoms with Gasteiger partial charge in [0.2, 0.25) is 0 Å². The molecule has 5 N–H and O–H groups in total. The topological polar surface area (TPSA) is 90.4 Å². The summed E-state index contributed by atoms with van der Waals surface area (Å²) in [6.07, 6.45) is -0.804. The molecule has 0 aromatic heterocycles. The maximum atomic E-state index is 10.3. The van der Waals surface area contributed by atoms with Gasteiger partial charge in [-0.05, 0) is 18.2 Å². The number of nitrogens with one attached hydrogen (secondary N) is 1. The van der Waals surface area contributed by atoms with E-state index < -0.39 is 6.09 Å². The lowest BCUT2D eigenvalue weighted by molar-refractivity contribution is 0.161. The Bertz CT molecular complexity index is 440. The fraction of sp³-hybridized carbons (Fsp3) is 0.200. The Labute approximate surface area is 109 Å². The Balaban J connectivity index is 2.54. The average molecular weight is 274 g/mol. The fourth-order valence-electron chi connectivity index (χ4n) is 1.15. The molecule has 0 bridgehead atoms. The first-order valence-corrected chi connectivity index (χ1v) is 5.55. The van der Waals surface area contributed by atoms with Gasteiger partial charge < -0.3 is 21.5 Å². The third-order valence-corrected chi connectivity index (χ3v) is 2.46. The van der Waals surface area contributed by atoms with Crippen molar-refractivity contribution in [2.75, 3.05) is 18.5 Å². The van der Waals surface area contributed by atoms with Crippen LogP contribution in [0.5, 0.6) is 0 Å². The number of halogens is 1. The normalized spacial score (nSPS) is 9.71. The molecule has 92 valence electrons. The second kappa shape index (κ2) is 6.27. The molecule has 7 heteroatoms. The molecule has 0 aliphatic carbocycles. The molecule has 5 nitrogen and oxygen atoms in total. The van der Waals surface area contributed by atoms with Crippen LogP contribution in [0, 0.1) is 0 Å². The number of carbonyl (C=O) groups is 1. The van der Waals surface area contributed by atoms with Crippen molar-refractivity contribution in [2.24, 2.45) is 11.5 Å². The maximum Gasteiger partial charge on any atom is 0.404 e. The first-order chi connectivity index (χ1) is 8.00. The minimum atomic E-state index is -0.804. The molecule has 0 aliphatic rings. The van der Waals surface area contributed by atoms with Crippen molar-refractivity contribution in [3.05, 3.63) is 28.8 Å². The van der Waals surface area contributed by atoms with Crippen LogP contribution in [0.3, 0.4) is 0 Å². The van der Waals surface area contributed by atoms with Crippen LogP contribution in [0.1, 0.15) is 5.56 Å². The van der Waals surface area contributed by atoms with Crippen molar-refractivity contribution in [2.45, 2.75) is 0 Å². The van der Waals surface area contributed by atoms with Gasteiger partial charge in [0.25, 0.3) is 0 Å². The monoisotopic (exact) mass is 273 g/mol. The molecule has 1 aromatic carbocycles. The predicted octanol–water partition coefficient (Wildman–Crippen LogP) is 1.48. The van der Waals surface area contributed by atoms with Crippen molar-refractivity contribution in [1.82, 2.24) is 0 Å². The third-order valence-electron chi connectivity index (χ3n) is 1.92. The van der Waals surface area contributed by atoms with Crippen LogP contribution < -0.4 is 16.8 Å². The Morgan fingerprint density at radius 3 is 2.71 bits per heavy atom. The highest BCUT2D eigenvalue weighted by Crippen LogP contribution is 2.22. The molecule has 0 saturated carbocycles. The number of rotatable bonds is 5. The number of hydrogen-bond acceptors (Lipinski definition) is 4. The van der Waals surface area contributed by atoms with Crippen LogP contribution in [0.4, 0.5) is 10.5 Å². The Kier molecular flexibility index (Phi) is 4.99. The minimum Gasteiger partial charge on any atom is -0.448 e. The Hall–Kier alpha value is -1.53. The highest BCUT2D eigenvalue weighted by Gasteiger charge is 2.03. The first kappa shape index (κ1) is 13.5. The van der Waals surface area contributed by atoms with Gasteiger partial charge >= 0.3 is 6.09 Å². The molecular formula is C10H12ClN3O2S. The predicted molar refractivity (Wildman–Crippen MR) is 71.4 cm³/mol. The average Bonchev–Trinajstić information content (AvgIpc) is 2.25. The van der Waals surface area contributed by atoms with Crippen LogP contribution >= 0.6 is 23.8 Å². The minimum absolute atomic E-state index is 0.169. The van der Waals surface area contributed by atoms with E-state index in [-0.39, 0.29) is 11.6 Å². The van der Waals surface area contributed by atoms with Gasteiger partial charge in [0.05, 0.1) is 10.7 Å². The third kappa shape index (κ3) is 4.46. The quantitative estimate of drug-likeness (QED) is 0.558. The molecule has 0 unspecified atom stereocenters. The van der Waals surface area contributed by atoms with Crippen LogP contribution in [0.2, 0.25) is 5.02 Å². The molecule has 1 rings (SSSR count). The molecule has 0 atom stereocenters. The fourth-order valence-corrected chi connectivity index (χ4v) is 1.52. The van der Waals surface area contributed by atoms with E-state index in [0.717, 1.165) is 0 Å². The van der Waals surface area contributed by atoms with Crippen molar-refractivity contribution < 1.29 is 9.53 Å². The van der Waals surface area contributed by atoms with E-state index in [1.54, 1.807) is 18.2 Å². The molecule has 0 spiro atoms. The number of carbonyl (C=O) groups excluding carboxylic acids is 1. The van der Waals surface area contributed by atoms with Gasteiger partial charge in [0.1, 0.15) is 11.6 Å². The second-order valence-electron chi connectivity index (χ2n) is 3.15. The van der Waals surface area contributed by atoms with Crippen molar-refractivity contribution >= 4 is 40.6 Å². The van der Waals surface area contributed by atoms with E-state index in [2.05, 4.69) is 10.1 Å². The van der Waals surface area contributed by atoms with E-state index in [4.69, 9.17) is 35.3 Å². The van der Waals surface area contributed by atoms with Crippen LogP contribution in [0.15, 0.2) is 18.2 Å². The molecule has 0 aliphatic heterocycles. The van der Waals surface area contributed by atoms with Gasteiger partial charge in [-0.2, -0.15) is 0 Å². The molecule has 1 aromatic rings. The molecule has 0 fully saturated rings. The van der Waals surface area contributed by atoms with Crippen LogP contribution in [-0.4, -0.2) is 24.2 Å². The van der Waals surface area contributed by atoms with E-state index in [1.807, 2.05) is 0 Å². The summed E-state index contributed by atoms with van der Waals surface area (Å²) in [4.78, 5) is 10.6. The SMILES string of the molecule is NC(=O)OCCNc1ccc(C(N)=S)cc1Cl. The zero-order chi connectivity index (χ0) is 12.8. The van der Waals surface area contributed by atoms with E-state index in [9.17, 15) is 4.79 Å². The lowest BCUT2D eigenvalue weighted by Crippen LogP contribution is -2.18.